The van der Waals surface area contributed by atoms with Crippen LogP contribution in [0, 0.1) is 0 Å². The van der Waals surface area contributed by atoms with Crippen molar-refractivity contribution in [1.82, 2.24) is 4.98 Å². The number of thiophene rings is 1. The van der Waals surface area contributed by atoms with E-state index in [1.54, 1.807) is 11.3 Å². The van der Waals surface area contributed by atoms with Gasteiger partial charge in [0, 0.05) is 26.5 Å². The fourth-order valence-corrected chi connectivity index (χ4v) is 3.37. The van der Waals surface area contributed by atoms with Crippen LogP contribution in [0.3, 0.4) is 0 Å². The summed E-state index contributed by atoms with van der Waals surface area (Å²) in [6, 6.07) is 2.08. The lowest BCUT2D eigenvalue weighted by molar-refractivity contribution is 1.42. The highest BCUT2D eigenvalue weighted by Gasteiger charge is 2.16. The predicted molar refractivity (Wildman–Crippen MR) is 85.9 cm³/mol. The zero-order chi connectivity index (χ0) is 13.4. The molecule has 0 saturated carbocycles. The van der Waals surface area contributed by atoms with Crippen LogP contribution in [-0.4, -0.2) is 4.98 Å². The van der Waals surface area contributed by atoms with Gasteiger partial charge in [0.25, 0.3) is 0 Å². The van der Waals surface area contributed by atoms with Gasteiger partial charge in [-0.25, -0.2) is 4.98 Å². The van der Waals surface area contributed by atoms with Crippen molar-refractivity contribution in [1.29, 1.82) is 0 Å². The number of nitrogens with zero attached hydrogens (tertiary/aromatic N) is 1. The number of aromatic nitrogens is 1. The number of fused-ring (bicyclic) bond motifs is 1. The molecule has 0 saturated heterocycles. The highest BCUT2D eigenvalue weighted by molar-refractivity contribution is 9.10. The van der Waals surface area contributed by atoms with Gasteiger partial charge in [0.05, 0.1) is 0 Å². The van der Waals surface area contributed by atoms with Gasteiger partial charge in [-0.3, -0.25) is 0 Å². The van der Waals surface area contributed by atoms with Crippen LogP contribution in [0.2, 0.25) is 0 Å². The van der Waals surface area contributed by atoms with Crippen LogP contribution in [0.15, 0.2) is 42.0 Å². The summed E-state index contributed by atoms with van der Waals surface area (Å²) < 4.78 is 0.975. The summed E-state index contributed by atoms with van der Waals surface area (Å²) in [5, 5.41) is 1.12. The van der Waals surface area contributed by atoms with Crippen molar-refractivity contribution in [2.24, 2.45) is 0 Å². The molecule has 2 aromatic rings. The molecule has 1 nitrogen and oxygen atoms in total. The number of hydrogen-bond acceptors (Lipinski definition) is 2. The van der Waals surface area contributed by atoms with Crippen LogP contribution >= 0.6 is 27.3 Å². The van der Waals surface area contributed by atoms with E-state index in [0.717, 1.165) is 41.8 Å². The summed E-state index contributed by atoms with van der Waals surface area (Å²) in [4.78, 5) is 6.57. The Kier molecular flexibility index (Phi) is 3.55. The van der Waals surface area contributed by atoms with E-state index in [-0.39, 0.29) is 0 Å². The second kappa shape index (κ2) is 4.82. The summed E-state index contributed by atoms with van der Waals surface area (Å²) in [5.41, 5.74) is 4.10. The first kappa shape index (κ1) is 13.2. The maximum atomic E-state index is 4.45. The number of allylic oxidation sites excluding steroid dienone is 3. The Labute approximate surface area is 120 Å². The summed E-state index contributed by atoms with van der Waals surface area (Å²) in [5.74, 6) is 0. The first-order valence-corrected chi connectivity index (χ1v) is 7.12. The van der Waals surface area contributed by atoms with Crippen molar-refractivity contribution in [2.45, 2.75) is 13.8 Å². The van der Waals surface area contributed by atoms with E-state index < -0.39 is 0 Å². The van der Waals surface area contributed by atoms with E-state index in [4.69, 9.17) is 0 Å². The van der Waals surface area contributed by atoms with Gasteiger partial charge in [0.15, 0.2) is 0 Å². The third-order valence-corrected chi connectivity index (χ3v) is 4.34. The second-order valence-corrected chi connectivity index (χ2v) is 6.27. The molecule has 0 aromatic carbocycles. The third kappa shape index (κ3) is 2.20. The molecule has 0 atom stereocenters. The highest BCUT2D eigenvalue weighted by Crippen LogP contribution is 2.40. The smallest absolute Gasteiger partial charge is 0.124 e. The van der Waals surface area contributed by atoms with E-state index in [1.165, 1.54) is 0 Å². The van der Waals surface area contributed by atoms with Crippen molar-refractivity contribution in [3.05, 3.63) is 52.5 Å². The summed E-state index contributed by atoms with van der Waals surface area (Å²) in [7, 11) is 0. The van der Waals surface area contributed by atoms with Crippen LogP contribution in [0.5, 0.6) is 0 Å². The topological polar surface area (TPSA) is 12.9 Å². The zero-order valence-electron chi connectivity index (χ0n) is 10.5. The third-order valence-electron chi connectivity index (χ3n) is 2.73. The molecule has 2 rings (SSSR count). The van der Waals surface area contributed by atoms with E-state index in [9.17, 15) is 0 Å². The van der Waals surface area contributed by atoms with Gasteiger partial charge in [0.2, 0.25) is 0 Å². The first-order valence-electron chi connectivity index (χ1n) is 5.51. The molecule has 2 aromatic heterocycles. The van der Waals surface area contributed by atoms with Crippen molar-refractivity contribution in [2.75, 3.05) is 0 Å². The van der Waals surface area contributed by atoms with Crippen molar-refractivity contribution in [3.8, 4) is 0 Å². The lowest BCUT2D eigenvalue weighted by Crippen LogP contribution is -1.85. The molecule has 0 N–H and O–H groups in total. The van der Waals surface area contributed by atoms with E-state index in [1.807, 2.05) is 20.0 Å². The van der Waals surface area contributed by atoms with Gasteiger partial charge in [-0.05, 0) is 47.0 Å². The van der Waals surface area contributed by atoms with Crippen LogP contribution in [0.1, 0.15) is 24.3 Å². The first-order chi connectivity index (χ1) is 8.41. The number of pyridine rings is 1. The summed E-state index contributed by atoms with van der Waals surface area (Å²) >= 11 is 5.11. The van der Waals surface area contributed by atoms with Crippen LogP contribution in [0.4, 0.5) is 0 Å². The molecule has 0 amide bonds. The Morgan fingerprint density at radius 3 is 2.50 bits per heavy atom. The number of rotatable bonds is 3. The maximum Gasteiger partial charge on any atom is 0.124 e. The van der Waals surface area contributed by atoms with Gasteiger partial charge in [-0.15, -0.1) is 11.3 Å². The molecule has 0 fully saturated rings. The molecule has 3 heteroatoms. The van der Waals surface area contributed by atoms with Crippen LogP contribution in [0.25, 0.3) is 21.4 Å². The summed E-state index contributed by atoms with van der Waals surface area (Å²) in [6.45, 7) is 16.1. The molecule has 0 aliphatic rings. The molecule has 18 heavy (non-hydrogen) atoms. The Hall–Kier alpha value is -1.19. The average Bonchev–Trinajstić information content (AvgIpc) is 2.65. The molecule has 0 aliphatic heterocycles. The molecule has 0 bridgehead atoms. The largest absolute Gasteiger partial charge is 0.244 e. The van der Waals surface area contributed by atoms with Crippen molar-refractivity contribution in [3.63, 3.8) is 0 Å². The minimum Gasteiger partial charge on any atom is -0.244 e. The standard InChI is InChI=1S/C15H14BrNS/c1-8(2)10(5)14-13(9(3)4)12-6-11(16)7-17-15(12)18-14/h6-7H,1,3,5H2,2,4H3. The minimum absolute atomic E-state index is 0.965. The van der Waals surface area contributed by atoms with Crippen LogP contribution < -0.4 is 0 Å². The Bertz CT molecular complexity index is 679. The predicted octanol–water partition coefficient (Wildman–Crippen LogP) is 5.68. The molecule has 2 heterocycles. The molecular weight excluding hydrogens is 306 g/mol. The zero-order valence-corrected chi connectivity index (χ0v) is 12.9. The number of halogens is 1. The highest BCUT2D eigenvalue weighted by atomic mass is 79.9. The molecule has 0 radical (unpaired) electrons. The normalized spacial score (nSPS) is 10.6. The average molecular weight is 320 g/mol. The minimum atomic E-state index is 0.965. The fraction of sp³-hybridized carbons (Fsp3) is 0.133. The summed E-state index contributed by atoms with van der Waals surface area (Å²) in [6.07, 6.45) is 1.81. The fourth-order valence-electron chi connectivity index (χ4n) is 1.79. The Morgan fingerprint density at radius 1 is 1.28 bits per heavy atom. The SMILES string of the molecule is C=C(C)C(=C)c1sc2ncc(Br)cc2c1C(=C)C. The van der Waals surface area contributed by atoms with Gasteiger partial charge >= 0.3 is 0 Å². The second-order valence-electron chi connectivity index (χ2n) is 4.35. The van der Waals surface area contributed by atoms with Crippen molar-refractivity contribution < 1.29 is 0 Å². The molecule has 0 aliphatic carbocycles. The monoisotopic (exact) mass is 319 g/mol. The molecule has 0 spiro atoms. The van der Waals surface area contributed by atoms with Gasteiger partial charge in [-0.2, -0.15) is 0 Å². The quantitative estimate of drug-likeness (QED) is 0.663. The van der Waals surface area contributed by atoms with Gasteiger partial charge in [0.1, 0.15) is 4.83 Å². The van der Waals surface area contributed by atoms with E-state index >= 15 is 0 Å². The van der Waals surface area contributed by atoms with Crippen LogP contribution in [-0.2, 0) is 0 Å². The Balaban J connectivity index is 2.82. The van der Waals surface area contributed by atoms with Crippen molar-refractivity contribution >= 4 is 48.6 Å². The lowest BCUT2D eigenvalue weighted by atomic mass is 10.00. The molecule has 92 valence electrons. The van der Waals surface area contributed by atoms with E-state index in [0.29, 0.717) is 0 Å². The Morgan fingerprint density at radius 2 is 1.94 bits per heavy atom. The lowest BCUT2D eigenvalue weighted by Gasteiger charge is -2.06. The van der Waals surface area contributed by atoms with Gasteiger partial charge in [-0.1, -0.05) is 25.3 Å². The van der Waals surface area contributed by atoms with Gasteiger partial charge < -0.3 is 0 Å². The molecular formula is C15H14BrNS. The van der Waals surface area contributed by atoms with E-state index in [2.05, 4.69) is 46.7 Å². The number of hydrogen-bond donors (Lipinski definition) is 0. The maximum absolute atomic E-state index is 4.45. The molecule has 0 unspecified atom stereocenters.